The fourth-order valence-electron chi connectivity index (χ4n) is 0.948. The Morgan fingerprint density at radius 1 is 1.08 bits per heavy atom. The number of nitrogens with one attached hydrogen (secondary N) is 1. The van der Waals surface area contributed by atoms with Crippen LogP contribution < -0.4 is 5.32 Å². The molecule has 4 heteroatoms. The van der Waals surface area contributed by atoms with Gasteiger partial charge in [-0.15, -0.1) is 0 Å². The number of benzene rings is 1. The summed E-state index contributed by atoms with van der Waals surface area (Å²) in [6.45, 7) is 3.56. The molecule has 0 heterocycles. The van der Waals surface area contributed by atoms with Gasteiger partial charge in [0.1, 0.15) is 0 Å². The molecule has 72 valence electrons. The van der Waals surface area contributed by atoms with Crippen LogP contribution in [0, 0.1) is 17.5 Å². The molecule has 1 aromatic rings. The van der Waals surface area contributed by atoms with Gasteiger partial charge in [-0.1, -0.05) is 0 Å². The summed E-state index contributed by atoms with van der Waals surface area (Å²) in [5, 5.41) is 2.66. The van der Waals surface area contributed by atoms with Gasteiger partial charge in [-0.05, 0) is 26.0 Å². The average molecular weight is 189 g/mol. The molecule has 0 saturated carbocycles. The summed E-state index contributed by atoms with van der Waals surface area (Å²) in [5.74, 6) is -3.79. The van der Waals surface area contributed by atoms with E-state index in [1.54, 1.807) is 13.8 Å². The van der Waals surface area contributed by atoms with Crippen LogP contribution in [0.5, 0.6) is 0 Å². The molecule has 0 spiro atoms. The smallest absolute Gasteiger partial charge is 0.196 e. The highest BCUT2D eigenvalue weighted by molar-refractivity contribution is 5.45. The van der Waals surface area contributed by atoms with Gasteiger partial charge in [0.05, 0.1) is 5.69 Å². The third-order valence-electron chi connectivity index (χ3n) is 1.48. The molecular formula is C9H10F3N. The average Bonchev–Trinajstić information content (AvgIpc) is 2.06. The van der Waals surface area contributed by atoms with Crippen molar-refractivity contribution in [3.63, 3.8) is 0 Å². The zero-order valence-corrected chi connectivity index (χ0v) is 7.37. The minimum Gasteiger partial charge on any atom is -0.380 e. The number of hydrogen-bond donors (Lipinski definition) is 1. The minimum absolute atomic E-state index is 0.0195. The highest BCUT2D eigenvalue weighted by atomic mass is 19.2. The Bertz CT molecular complexity index is 310. The highest BCUT2D eigenvalue weighted by Crippen LogP contribution is 2.19. The molecule has 0 aliphatic heterocycles. The molecule has 0 amide bonds. The number of anilines is 1. The summed E-state index contributed by atoms with van der Waals surface area (Å²) < 4.78 is 38.1. The van der Waals surface area contributed by atoms with Crippen molar-refractivity contribution in [2.45, 2.75) is 19.9 Å². The molecule has 0 bridgehead atoms. The quantitative estimate of drug-likeness (QED) is 0.705. The van der Waals surface area contributed by atoms with Gasteiger partial charge in [-0.2, -0.15) is 0 Å². The maximum Gasteiger partial charge on any atom is 0.196 e. The predicted molar refractivity (Wildman–Crippen MR) is 45.1 cm³/mol. The molecule has 1 nitrogen and oxygen atoms in total. The maximum absolute atomic E-state index is 12.9. The van der Waals surface area contributed by atoms with Crippen LogP contribution in [0.4, 0.5) is 18.9 Å². The van der Waals surface area contributed by atoms with E-state index in [4.69, 9.17) is 0 Å². The molecule has 0 aromatic heterocycles. The number of hydrogen-bond acceptors (Lipinski definition) is 1. The van der Waals surface area contributed by atoms with Crippen LogP contribution in [0.25, 0.3) is 0 Å². The second-order valence-corrected chi connectivity index (χ2v) is 3.02. The summed E-state index contributed by atoms with van der Waals surface area (Å²) in [5.41, 5.74) is -0.0195. The van der Waals surface area contributed by atoms with Crippen molar-refractivity contribution in [2.24, 2.45) is 0 Å². The molecule has 0 radical (unpaired) electrons. The van der Waals surface area contributed by atoms with Crippen LogP contribution >= 0.6 is 0 Å². The monoisotopic (exact) mass is 189 g/mol. The first-order chi connectivity index (χ1) is 6.02. The molecule has 0 atom stereocenters. The van der Waals surface area contributed by atoms with Crippen LogP contribution in [-0.4, -0.2) is 6.04 Å². The Hall–Kier alpha value is -1.19. The number of rotatable bonds is 2. The van der Waals surface area contributed by atoms with Crippen LogP contribution in [0.3, 0.4) is 0 Å². The predicted octanol–water partition coefficient (Wildman–Crippen LogP) is 2.92. The van der Waals surface area contributed by atoms with Crippen LogP contribution in [-0.2, 0) is 0 Å². The lowest BCUT2D eigenvalue weighted by molar-refractivity contribution is 0.448. The molecule has 0 fully saturated rings. The van der Waals surface area contributed by atoms with E-state index >= 15 is 0 Å². The first-order valence-corrected chi connectivity index (χ1v) is 3.92. The normalized spacial score (nSPS) is 10.6. The van der Waals surface area contributed by atoms with Crippen molar-refractivity contribution in [1.29, 1.82) is 0 Å². The summed E-state index contributed by atoms with van der Waals surface area (Å²) in [6.07, 6.45) is 0. The van der Waals surface area contributed by atoms with Crippen molar-refractivity contribution in [1.82, 2.24) is 0 Å². The van der Waals surface area contributed by atoms with Gasteiger partial charge in [0.15, 0.2) is 17.5 Å². The molecule has 1 N–H and O–H groups in total. The molecule has 1 aromatic carbocycles. The lowest BCUT2D eigenvalue weighted by atomic mass is 10.2. The van der Waals surface area contributed by atoms with E-state index in [-0.39, 0.29) is 11.7 Å². The molecule has 1 rings (SSSR count). The Morgan fingerprint density at radius 3 is 2.23 bits per heavy atom. The standard InChI is InChI=1S/C9H10F3N/c1-5(2)13-7-4-3-6(10)8(11)9(7)12/h3-5,13H,1-2H3. The second-order valence-electron chi connectivity index (χ2n) is 3.02. The zero-order valence-electron chi connectivity index (χ0n) is 7.37. The van der Waals surface area contributed by atoms with Crippen LogP contribution in [0.2, 0.25) is 0 Å². The lowest BCUT2D eigenvalue weighted by Crippen LogP contribution is -2.12. The number of halogens is 3. The molecule has 0 aliphatic carbocycles. The topological polar surface area (TPSA) is 12.0 Å². The molecule has 0 saturated heterocycles. The van der Waals surface area contributed by atoms with E-state index < -0.39 is 17.5 Å². The Kier molecular flexibility index (Phi) is 2.80. The van der Waals surface area contributed by atoms with Crippen LogP contribution in [0.15, 0.2) is 12.1 Å². The van der Waals surface area contributed by atoms with Crippen molar-refractivity contribution < 1.29 is 13.2 Å². The lowest BCUT2D eigenvalue weighted by Gasteiger charge is -2.10. The first kappa shape index (κ1) is 9.89. The van der Waals surface area contributed by atoms with Gasteiger partial charge in [-0.3, -0.25) is 0 Å². The molecular weight excluding hydrogens is 179 g/mol. The van der Waals surface area contributed by atoms with Gasteiger partial charge in [-0.25, -0.2) is 13.2 Å². The molecule has 0 aliphatic rings. The van der Waals surface area contributed by atoms with Gasteiger partial charge in [0.25, 0.3) is 0 Å². The van der Waals surface area contributed by atoms with Crippen molar-refractivity contribution in [2.75, 3.05) is 5.32 Å². The zero-order chi connectivity index (χ0) is 10.0. The fraction of sp³-hybridized carbons (Fsp3) is 0.333. The van der Waals surface area contributed by atoms with E-state index in [1.807, 2.05) is 0 Å². The Morgan fingerprint density at radius 2 is 1.69 bits per heavy atom. The van der Waals surface area contributed by atoms with E-state index in [0.717, 1.165) is 6.07 Å². The van der Waals surface area contributed by atoms with Gasteiger partial charge in [0.2, 0.25) is 0 Å². The molecule has 13 heavy (non-hydrogen) atoms. The SMILES string of the molecule is CC(C)Nc1ccc(F)c(F)c1F. The third-order valence-corrected chi connectivity index (χ3v) is 1.48. The largest absolute Gasteiger partial charge is 0.380 e. The van der Waals surface area contributed by atoms with Crippen molar-refractivity contribution >= 4 is 5.69 Å². The Balaban J connectivity index is 3.04. The maximum atomic E-state index is 12.9. The van der Waals surface area contributed by atoms with Gasteiger partial charge < -0.3 is 5.32 Å². The van der Waals surface area contributed by atoms with Crippen molar-refractivity contribution in [3.8, 4) is 0 Å². The van der Waals surface area contributed by atoms with Gasteiger partial charge in [0, 0.05) is 6.04 Å². The first-order valence-electron chi connectivity index (χ1n) is 3.92. The summed E-state index contributed by atoms with van der Waals surface area (Å²) in [4.78, 5) is 0. The fourth-order valence-corrected chi connectivity index (χ4v) is 0.948. The summed E-state index contributed by atoms with van der Waals surface area (Å²) in [7, 11) is 0. The van der Waals surface area contributed by atoms with Crippen LogP contribution in [0.1, 0.15) is 13.8 Å². The minimum atomic E-state index is -1.44. The van der Waals surface area contributed by atoms with Crippen molar-refractivity contribution in [3.05, 3.63) is 29.6 Å². The third kappa shape index (κ3) is 2.14. The van der Waals surface area contributed by atoms with Gasteiger partial charge >= 0.3 is 0 Å². The highest BCUT2D eigenvalue weighted by Gasteiger charge is 2.13. The second kappa shape index (κ2) is 3.68. The van der Waals surface area contributed by atoms with E-state index in [0.29, 0.717) is 0 Å². The summed E-state index contributed by atoms with van der Waals surface area (Å²) in [6, 6.07) is 2.04. The Labute approximate surface area is 74.6 Å². The van der Waals surface area contributed by atoms with E-state index in [2.05, 4.69) is 5.32 Å². The van der Waals surface area contributed by atoms with E-state index in [9.17, 15) is 13.2 Å². The van der Waals surface area contributed by atoms with E-state index in [1.165, 1.54) is 6.07 Å². The molecule has 0 unspecified atom stereocenters. The summed E-state index contributed by atoms with van der Waals surface area (Å²) >= 11 is 0.